The smallest absolute Gasteiger partial charge is 0.239 e. The van der Waals surface area contributed by atoms with Gasteiger partial charge >= 0.3 is 0 Å². The van der Waals surface area contributed by atoms with Crippen molar-refractivity contribution in [3.8, 4) is 6.07 Å². The molecule has 1 aromatic rings. The van der Waals surface area contributed by atoms with Gasteiger partial charge in [-0.1, -0.05) is 31.7 Å². The fraction of sp³-hybridized carbons (Fsp3) is 0.375. The summed E-state index contributed by atoms with van der Waals surface area (Å²) in [4.78, 5) is 11.5. The summed E-state index contributed by atoms with van der Waals surface area (Å²) in [5, 5.41) is 8.72. The fourth-order valence-corrected chi connectivity index (χ4v) is 2.36. The number of hydrogen-bond acceptors (Lipinski definition) is 2. The number of Topliss-reactive ketones (excluding diaryl/α,β-unsaturated/α-hetero) is 1. The molecule has 0 saturated heterocycles. The van der Waals surface area contributed by atoms with Gasteiger partial charge in [0.05, 0.1) is 5.92 Å². The first-order chi connectivity index (χ1) is 8.56. The standard InChI is InChI=1S/C16H17NO/c1-10(13-7-8-13)14-5-4-6-15(11(14)2)12(3)16(18)9-17/h4-6,12-13H,1,7-8H2,2-3H3. The molecule has 2 rings (SSSR count). The minimum absolute atomic E-state index is 0.359. The number of nitriles is 1. The molecule has 1 aromatic carbocycles. The maximum Gasteiger partial charge on any atom is 0.239 e. The Morgan fingerprint density at radius 1 is 1.50 bits per heavy atom. The van der Waals surface area contributed by atoms with Gasteiger partial charge in [0, 0.05) is 0 Å². The number of ketones is 1. The molecule has 1 saturated carbocycles. The average Bonchev–Trinajstić information content (AvgIpc) is 3.20. The Bertz CT molecular complexity index is 547. The van der Waals surface area contributed by atoms with Crippen LogP contribution in [0.15, 0.2) is 24.8 Å². The molecular formula is C16H17NO. The number of allylic oxidation sites excluding steroid dienone is 1. The maximum atomic E-state index is 11.5. The molecule has 2 nitrogen and oxygen atoms in total. The summed E-state index contributed by atoms with van der Waals surface area (Å²) < 4.78 is 0. The molecule has 2 heteroatoms. The van der Waals surface area contributed by atoms with Crippen molar-refractivity contribution in [3.63, 3.8) is 0 Å². The molecule has 0 aromatic heterocycles. The highest BCUT2D eigenvalue weighted by molar-refractivity contribution is 5.98. The molecule has 0 N–H and O–H groups in total. The van der Waals surface area contributed by atoms with E-state index in [2.05, 4.69) is 12.6 Å². The minimum atomic E-state index is -0.382. The van der Waals surface area contributed by atoms with Crippen molar-refractivity contribution in [1.29, 1.82) is 5.26 Å². The number of carbonyl (C=O) groups is 1. The predicted molar refractivity (Wildman–Crippen MR) is 72.0 cm³/mol. The molecule has 0 radical (unpaired) electrons. The first kappa shape index (κ1) is 12.6. The molecule has 0 heterocycles. The second-order valence-electron chi connectivity index (χ2n) is 5.02. The molecule has 1 aliphatic carbocycles. The van der Waals surface area contributed by atoms with Gasteiger partial charge in [-0.25, -0.2) is 0 Å². The van der Waals surface area contributed by atoms with E-state index >= 15 is 0 Å². The first-order valence-corrected chi connectivity index (χ1v) is 6.29. The Labute approximate surface area is 108 Å². The second kappa shape index (κ2) is 4.78. The molecule has 18 heavy (non-hydrogen) atoms. The lowest BCUT2D eigenvalue weighted by Gasteiger charge is -2.15. The van der Waals surface area contributed by atoms with Crippen LogP contribution in [-0.4, -0.2) is 5.78 Å². The van der Waals surface area contributed by atoms with Gasteiger partial charge in [0.1, 0.15) is 6.07 Å². The van der Waals surface area contributed by atoms with Crippen LogP contribution in [0.5, 0.6) is 0 Å². The van der Waals surface area contributed by atoms with Crippen LogP contribution in [0.25, 0.3) is 5.57 Å². The van der Waals surface area contributed by atoms with Gasteiger partial charge in [-0.2, -0.15) is 5.26 Å². The van der Waals surface area contributed by atoms with Crippen molar-refractivity contribution in [1.82, 2.24) is 0 Å². The molecule has 1 unspecified atom stereocenters. The lowest BCUT2D eigenvalue weighted by atomic mass is 9.88. The highest BCUT2D eigenvalue weighted by Gasteiger charge is 2.27. The first-order valence-electron chi connectivity index (χ1n) is 6.29. The summed E-state index contributed by atoms with van der Waals surface area (Å²) in [6, 6.07) is 7.65. The van der Waals surface area contributed by atoms with Gasteiger partial charge in [0.25, 0.3) is 0 Å². The normalized spacial score (nSPS) is 15.8. The van der Waals surface area contributed by atoms with E-state index < -0.39 is 0 Å². The quantitative estimate of drug-likeness (QED) is 0.753. The zero-order valence-corrected chi connectivity index (χ0v) is 10.9. The van der Waals surface area contributed by atoms with Crippen LogP contribution in [0.4, 0.5) is 0 Å². The summed E-state index contributed by atoms with van der Waals surface area (Å²) in [6.07, 6.45) is 2.43. The van der Waals surface area contributed by atoms with Gasteiger partial charge in [-0.15, -0.1) is 0 Å². The highest BCUT2D eigenvalue weighted by atomic mass is 16.1. The lowest BCUT2D eigenvalue weighted by Crippen LogP contribution is -2.09. The van der Waals surface area contributed by atoms with Crippen molar-refractivity contribution >= 4 is 11.4 Å². The van der Waals surface area contributed by atoms with Crippen LogP contribution in [-0.2, 0) is 4.79 Å². The van der Waals surface area contributed by atoms with Crippen molar-refractivity contribution in [2.24, 2.45) is 5.92 Å². The Morgan fingerprint density at radius 2 is 2.17 bits per heavy atom. The molecule has 0 aliphatic heterocycles. The molecule has 1 atom stereocenters. The minimum Gasteiger partial charge on any atom is -0.282 e. The average molecular weight is 239 g/mol. The largest absolute Gasteiger partial charge is 0.282 e. The van der Waals surface area contributed by atoms with E-state index in [4.69, 9.17) is 5.26 Å². The summed E-state index contributed by atoms with van der Waals surface area (Å²) in [6.45, 7) is 7.97. The van der Waals surface area contributed by atoms with Crippen molar-refractivity contribution in [2.45, 2.75) is 32.6 Å². The van der Waals surface area contributed by atoms with Crippen LogP contribution in [0.3, 0.4) is 0 Å². The lowest BCUT2D eigenvalue weighted by molar-refractivity contribution is -0.115. The van der Waals surface area contributed by atoms with E-state index in [1.165, 1.54) is 18.4 Å². The number of carbonyl (C=O) groups excluding carboxylic acids is 1. The van der Waals surface area contributed by atoms with Crippen molar-refractivity contribution in [2.75, 3.05) is 0 Å². The summed E-state index contributed by atoms with van der Waals surface area (Å²) in [7, 11) is 0. The zero-order valence-electron chi connectivity index (χ0n) is 10.9. The molecular weight excluding hydrogens is 222 g/mol. The third-order valence-corrected chi connectivity index (χ3v) is 3.76. The van der Waals surface area contributed by atoms with Crippen LogP contribution in [0.1, 0.15) is 42.4 Å². The molecule has 1 fully saturated rings. The molecule has 0 amide bonds. The van der Waals surface area contributed by atoms with E-state index in [0.29, 0.717) is 5.92 Å². The van der Waals surface area contributed by atoms with E-state index in [9.17, 15) is 4.79 Å². The molecule has 92 valence electrons. The summed E-state index contributed by atoms with van der Waals surface area (Å²) in [5.41, 5.74) is 4.35. The SMILES string of the molecule is C=C(c1cccc(C(C)C(=O)C#N)c1C)C1CC1. The van der Waals surface area contributed by atoms with Crippen LogP contribution >= 0.6 is 0 Å². The highest BCUT2D eigenvalue weighted by Crippen LogP contribution is 2.42. The van der Waals surface area contributed by atoms with Gasteiger partial charge in [-0.3, -0.25) is 4.79 Å². The van der Waals surface area contributed by atoms with Gasteiger partial charge < -0.3 is 0 Å². The van der Waals surface area contributed by atoms with Gasteiger partial charge in [0.2, 0.25) is 5.78 Å². The third-order valence-electron chi connectivity index (χ3n) is 3.76. The van der Waals surface area contributed by atoms with E-state index in [1.54, 1.807) is 13.0 Å². The topological polar surface area (TPSA) is 40.9 Å². The molecule has 0 spiro atoms. The van der Waals surface area contributed by atoms with E-state index in [1.807, 2.05) is 19.1 Å². The number of nitrogens with zero attached hydrogens (tertiary/aromatic N) is 1. The maximum absolute atomic E-state index is 11.5. The third kappa shape index (κ3) is 2.22. The number of benzene rings is 1. The Morgan fingerprint density at radius 3 is 2.72 bits per heavy atom. The molecule has 0 bridgehead atoms. The van der Waals surface area contributed by atoms with Crippen molar-refractivity contribution in [3.05, 3.63) is 41.5 Å². The monoisotopic (exact) mass is 239 g/mol. The van der Waals surface area contributed by atoms with Gasteiger partial charge in [0.15, 0.2) is 0 Å². The van der Waals surface area contributed by atoms with Crippen LogP contribution in [0, 0.1) is 24.2 Å². The predicted octanol–water partition coefficient (Wildman–Crippen LogP) is 3.61. The van der Waals surface area contributed by atoms with Crippen LogP contribution in [0.2, 0.25) is 0 Å². The van der Waals surface area contributed by atoms with Gasteiger partial charge in [-0.05, 0) is 47.9 Å². The summed E-state index contributed by atoms with van der Waals surface area (Å²) in [5.74, 6) is -0.129. The molecule has 1 aliphatic rings. The zero-order chi connectivity index (χ0) is 13.3. The Hall–Kier alpha value is -1.88. The van der Waals surface area contributed by atoms with E-state index in [-0.39, 0.29) is 11.7 Å². The van der Waals surface area contributed by atoms with Crippen LogP contribution < -0.4 is 0 Å². The Kier molecular flexibility index (Phi) is 3.34. The Balaban J connectivity index is 2.38. The number of rotatable bonds is 4. The number of hydrogen-bond donors (Lipinski definition) is 0. The fourth-order valence-electron chi connectivity index (χ4n) is 2.36. The van der Waals surface area contributed by atoms with E-state index in [0.717, 1.165) is 16.7 Å². The van der Waals surface area contributed by atoms with Crippen molar-refractivity contribution < 1.29 is 4.79 Å². The second-order valence-corrected chi connectivity index (χ2v) is 5.02. The summed E-state index contributed by atoms with van der Waals surface area (Å²) >= 11 is 0.